The molecule has 4 nitrogen and oxygen atoms in total. The van der Waals surface area contributed by atoms with Gasteiger partial charge in [0, 0.05) is 17.6 Å². The average molecular weight is 288 g/mol. The monoisotopic (exact) mass is 288 g/mol. The number of ether oxygens (including phenoxy) is 1. The Morgan fingerprint density at radius 2 is 1.76 bits per heavy atom. The zero-order chi connectivity index (χ0) is 16.0. The fraction of sp³-hybridized carbons (Fsp3) is 0.353. The zero-order valence-electron chi connectivity index (χ0n) is 12.6. The highest BCUT2D eigenvalue weighted by Crippen LogP contribution is 2.22. The number of hydrogen-bond acceptors (Lipinski definition) is 4. The fourth-order valence-corrected chi connectivity index (χ4v) is 2.01. The van der Waals surface area contributed by atoms with Crippen molar-refractivity contribution < 1.29 is 19.1 Å². The van der Waals surface area contributed by atoms with Crippen molar-refractivity contribution in [3.05, 3.63) is 42.0 Å². The maximum atomic E-state index is 12.5. The molecule has 1 rings (SSSR count). The molecule has 112 valence electrons. The largest absolute Gasteiger partial charge is 0.497 e. The highest BCUT2D eigenvalue weighted by Gasteiger charge is 2.31. The van der Waals surface area contributed by atoms with Crippen molar-refractivity contribution in [2.75, 3.05) is 7.11 Å². The highest BCUT2D eigenvalue weighted by atomic mass is 16.5. The van der Waals surface area contributed by atoms with E-state index >= 15 is 0 Å². The first-order valence-electron chi connectivity index (χ1n) is 6.83. The van der Waals surface area contributed by atoms with Gasteiger partial charge in [0.2, 0.25) is 0 Å². The van der Waals surface area contributed by atoms with Crippen molar-refractivity contribution in [1.82, 2.24) is 0 Å². The smallest absolute Gasteiger partial charge is 0.177 e. The van der Waals surface area contributed by atoms with Crippen LogP contribution in [-0.2, 0) is 9.59 Å². The summed E-state index contributed by atoms with van der Waals surface area (Å²) < 4.78 is 5.03. The van der Waals surface area contributed by atoms with E-state index in [1.807, 2.05) is 6.92 Å². The van der Waals surface area contributed by atoms with Gasteiger partial charge < -0.3 is 4.74 Å². The van der Waals surface area contributed by atoms with E-state index in [2.05, 4.69) is 6.58 Å². The second-order valence-electron chi connectivity index (χ2n) is 4.82. The van der Waals surface area contributed by atoms with Gasteiger partial charge in [0.05, 0.1) is 7.11 Å². The summed E-state index contributed by atoms with van der Waals surface area (Å²) in [4.78, 5) is 36.2. The van der Waals surface area contributed by atoms with Crippen molar-refractivity contribution in [2.45, 2.75) is 26.7 Å². The molecule has 0 saturated carbocycles. The highest BCUT2D eigenvalue weighted by molar-refractivity contribution is 6.18. The molecule has 0 saturated heterocycles. The maximum Gasteiger partial charge on any atom is 0.177 e. The van der Waals surface area contributed by atoms with Gasteiger partial charge in [0.25, 0.3) is 0 Å². The van der Waals surface area contributed by atoms with Gasteiger partial charge in [-0.3, -0.25) is 14.4 Å². The Morgan fingerprint density at radius 3 is 2.19 bits per heavy atom. The molecule has 0 radical (unpaired) electrons. The van der Waals surface area contributed by atoms with Gasteiger partial charge in [0.1, 0.15) is 17.5 Å². The number of ketones is 3. The van der Waals surface area contributed by atoms with Gasteiger partial charge >= 0.3 is 0 Å². The Labute approximate surface area is 124 Å². The summed E-state index contributed by atoms with van der Waals surface area (Å²) in [5, 5.41) is 0. The lowest BCUT2D eigenvalue weighted by Gasteiger charge is -2.15. The zero-order valence-corrected chi connectivity index (χ0v) is 12.6. The van der Waals surface area contributed by atoms with Gasteiger partial charge in [-0.2, -0.15) is 0 Å². The van der Waals surface area contributed by atoms with Crippen LogP contribution in [0.1, 0.15) is 37.0 Å². The van der Waals surface area contributed by atoms with Crippen LogP contribution in [0.3, 0.4) is 0 Å². The molecule has 0 spiro atoms. The molecule has 0 aromatic heterocycles. The summed E-state index contributed by atoms with van der Waals surface area (Å²) in [6.07, 6.45) is 0.870. The summed E-state index contributed by atoms with van der Waals surface area (Å²) in [6, 6.07) is 6.46. The van der Waals surface area contributed by atoms with Crippen LogP contribution in [0.5, 0.6) is 5.75 Å². The normalized spacial score (nSPS) is 11.6. The van der Waals surface area contributed by atoms with Crippen LogP contribution < -0.4 is 4.74 Å². The second-order valence-corrected chi connectivity index (χ2v) is 4.82. The first-order chi connectivity index (χ1) is 9.92. The molecule has 1 aromatic carbocycles. The van der Waals surface area contributed by atoms with Gasteiger partial charge in [-0.05, 0) is 37.6 Å². The van der Waals surface area contributed by atoms with E-state index in [1.54, 1.807) is 24.3 Å². The predicted octanol–water partition coefficient (Wildman–Crippen LogP) is 3.01. The summed E-state index contributed by atoms with van der Waals surface area (Å²) in [5.74, 6) is -1.47. The molecule has 0 fully saturated rings. The van der Waals surface area contributed by atoms with Crippen molar-refractivity contribution >= 4 is 17.3 Å². The van der Waals surface area contributed by atoms with Crippen LogP contribution in [0.2, 0.25) is 0 Å². The lowest BCUT2D eigenvalue weighted by molar-refractivity contribution is -0.122. The van der Waals surface area contributed by atoms with E-state index in [0.717, 1.165) is 0 Å². The quantitative estimate of drug-likeness (QED) is 0.419. The van der Waals surface area contributed by atoms with E-state index < -0.39 is 11.7 Å². The molecule has 4 heteroatoms. The molecule has 0 aliphatic rings. The van der Waals surface area contributed by atoms with E-state index in [9.17, 15) is 14.4 Å². The van der Waals surface area contributed by atoms with Gasteiger partial charge in [-0.1, -0.05) is 13.5 Å². The number of carbonyl (C=O) groups excluding carboxylic acids is 3. The molecule has 0 aliphatic heterocycles. The van der Waals surface area contributed by atoms with E-state index in [-0.39, 0.29) is 23.6 Å². The molecule has 0 aliphatic carbocycles. The van der Waals surface area contributed by atoms with Crippen molar-refractivity contribution in [1.29, 1.82) is 0 Å². The van der Waals surface area contributed by atoms with Crippen molar-refractivity contribution in [3.63, 3.8) is 0 Å². The number of Topliss-reactive ketones (excluding diaryl/α,β-unsaturated/α-hetero) is 3. The summed E-state index contributed by atoms with van der Waals surface area (Å²) in [6.45, 7) is 6.79. The minimum absolute atomic E-state index is 0.0502. The summed E-state index contributed by atoms with van der Waals surface area (Å²) in [5.41, 5.74) is 0.418. The number of hydrogen-bond donors (Lipinski definition) is 0. The second kappa shape index (κ2) is 7.53. The Morgan fingerprint density at radius 1 is 1.19 bits per heavy atom. The third kappa shape index (κ3) is 4.12. The Balaban J connectivity index is 3.11. The molecule has 21 heavy (non-hydrogen) atoms. The molecular weight excluding hydrogens is 268 g/mol. The topological polar surface area (TPSA) is 60.4 Å². The van der Waals surface area contributed by atoms with Crippen LogP contribution in [0, 0.1) is 5.92 Å². The lowest BCUT2D eigenvalue weighted by Crippen LogP contribution is -2.28. The standard InChI is InChI=1S/C17H20O4/c1-5-6-15(19)16(11(2)12(3)18)17(20)13-7-9-14(21-4)10-8-13/h7-10,16H,2,5-6H2,1,3-4H3. The predicted molar refractivity (Wildman–Crippen MR) is 80.6 cm³/mol. The number of carbonyl (C=O) groups is 3. The van der Waals surface area contributed by atoms with Crippen molar-refractivity contribution in [2.24, 2.45) is 5.92 Å². The molecule has 1 aromatic rings. The summed E-state index contributed by atoms with van der Waals surface area (Å²) >= 11 is 0. The average Bonchev–Trinajstić information content (AvgIpc) is 2.47. The SMILES string of the molecule is C=C(C(C)=O)C(C(=O)CCC)C(=O)c1ccc(OC)cc1. The summed E-state index contributed by atoms with van der Waals surface area (Å²) in [7, 11) is 1.53. The number of allylic oxidation sites excluding steroid dienone is 1. The van der Waals surface area contributed by atoms with Gasteiger partial charge in [-0.15, -0.1) is 0 Å². The van der Waals surface area contributed by atoms with E-state index in [0.29, 0.717) is 17.7 Å². The minimum atomic E-state index is -1.09. The minimum Gasteiger partial charge on any atom is -0.497 e. The molecule has 1 unspecified atom stereocenters. The lowest BCUT2D eigenvalue weighted by atomic mass is 9.84. The van der Waals surface area contributed by atoms with Crippen LogP contribution in [-0.4, -0.2) is 24.5 Å². The third-order valence-corrected chi connectivity index (χ3v) is 3.26. The number of methoxy groups -OCH3 is 1. The molecule has 0 N–H and O–H groups in total. The Bertz CT molecular complexity index is 555. The van der Waals surface area contributed by atoms with E-state index in [4.69, 9.17) is 4.74 Å². The van der Waals surface area contributed by atoms with Crippen molar-refractivity contribution in [3.8, 4) is 5.75 Å². The first-order valence-corrected chi connectivity index (χ1v) is 6.83. The molecular formula is C17H20O4. The molecule has 0 bridgehead atoms. The van der Waals surface area contributed by atoms with Crippen LogP contribution >= 0.6 is 0 Å². The van der Waals surface area contributed by atoms with Crippen LogP contribution in [0.4, 0.5) is 0 Å². The number of rotatable bonds is 8. The molecule has 0 amide bonds. The maximum absolute atomic E-state index is 12.5. The van der Waals surface area contributed by atoms with Crippen LogP contribution in [0.25, 0.3) is 0 Å². The first kappa shape index (κ1) is 16.8. The Hall–Kier alpha value is -2.23. The third-order valence-electron chi connectivity index (χ3n) is 3.26. The van der Waals surface area contributed by atoms with E-state index in [1.165, 1.54) is 14.0 Å². The van der Waals surface area contributed by atoms with Gasteiger partial charge in [0.15, 0.2) is 11.6 Å². The Kier molecular flexibility index (Phi) is 6.03. The fourth-order valence-electron chi connectivity index (χ4n) is 2.01. The number of benzene rings is 1. The van der Waals surface area contributed by atoms with Crippen LogP contribution in [0.15, 0.2) is 36.4 Å². The molecule has 1 atom stereocenters. The molecule has 0 heterocycles. The van der Waals surface area contributed by atoms with Gasteiger partial charge in [-0.25, -0.2) is 0 Å².